The lowest BCUT2D eigenvalue weighted by molar-refractivity contribution is 0.733. The second kappa shape index (κ2) is 5.01. The van der Waals surface area contributed by atoms with Crippen molar-refractivity contribution in [1.29, 1.82) is 0 Å². The van der Waals surface area contributed by atoms with Gasteiger partial charge in [0.25, 0.3) is 0 Å². The van der Waals surface area contributed by atoms with E-state index in [0.717, 1.165) is 18.8 Å². The van der Waals surface area contributed by atoms with Crippen molar-refractivity contribution in [3.8, 4) is 0 Å². The van der Waals surface area contributed by atoms with Gasteiger partial charge in [0.05, 0.1) is 0 Å². The minimum atomic E-state index is 0.643. The first-order valence-corrected chi connectivity index (χ1v) is 6.16. The number of benzene rings is 1. The molecule has 1 N–H and O–H groups in total. The first-order chi connectivity index (χ1) is 9.31. The van der Waals surface area contributed by atoms with Gasteiger partial charge in [-0.1, -0.05) is 29.8 Å². The standard InChI is InChI=1S/C13H14N6/c1-10-3-2-4-11(9-10)7-8-14-12-5-6-13-15-17-18-19(13)16-12/h2-6,9H,7-8H2,1H3,(H,14,16). The highest BCUT2D eigenvalue weighted by Gasteiger charge is 2.00. The first kappa shape index (κ1) is 11.6. The van der Waals surface area contributed by atoms with Crippen molar-refractivity contribution in [2.75, 3.05) is 11.9 Å². The van der Waals surface area contributed by atoms with E-state index < -0.39 is 0 Å². The number of nitrogens with zero attached hydrogens (tertiary/aromatic N) is 5. The van der Waals surface area contributed by atoms with Gasteiger partial charge in [0.1, 0.15) is 5.82 Å². The molecule has 0 saturated carbocycles. The van der Waals surface area contributed by atoms with E-state index in [9.17, 15) is 0 Å². The Morgan fingerprint density at radius 2 is 2.16 bits per heavy atom. The van der Waals surface area contributed by atoms with Gasteiger partial charge in [0, 0.05) is 6.54 Å². The predicted molar refractivity (Wildman–Crippen MR) is 71.9 cm³/mol. The summed E-state index contributed by atoms with van der Waals surface area (Å²) in [4.78, 5) is 0. The van der Waals surface area contributed by atoms with Crippen molar-refractivity contribution in [3.63, 3.8) is 0 Å². The van der Waals surface area contributed by atoms with Gasteiger partial charge in [-0.05, 0) is 41.5 Å². The van der Waals surface area contributed by atoms with Crippen LogP contribution in [0.4, 0.5) is 5.82 Å². The summed E-state index contributed by atoms with van der Waals surface area (Å²) in [6, 6.07) is 12.2. The van der Waals surface area contributed by atoms with Gasteiger partial charge in [0.2, 0.25) is 0 Å². The van der Waals surface area contributed by atoms with E-state index in [-0.39, 0.29) is 0 Å². The third-order valence-electron chi connectivity index (χ3n) is 2.87. The molecule has 2 aromatic heterocycles. The highest BCUT2D eigenvalue weighted by Crippen LogP contribution is 2.06. The Kier molecular flexibility index (Phi) is 3.06. The van der Waals surface area contributed by atoms with E-state index in [2.05, 4.69) is 57.1 Å². The summed E-state index contributed by atoms with van der Waals surface area (Å²) in [5.74, 6) is 0.771. The fraction of sp³-hybridized carbons (Fsp3) is 0.231. The zero-order valence-corrected chi connectivity index (χ0v) is 10.6. The largest absolute Gasteiger partial charge is 0.368 e. The molecule has 3 aromatic rings. The SMILES string of the molecule is Cc1cccc(CCNc2ccc3nnnn3n2)c1. The zero-order chi connectivity index (χ0) is 13.1. The number of tetrazole rings is 1. The maximum Gasteiger partial charge on any atom is 0.200 e. The molecule has 96 valence electrons. The Morgan fingerprint density at radius 3 is 3.05 bits per heavy atom. The molecule has 0 radical (unpaired) electrons. The van der Waals surface area contributed by atoms with Crippen LogP contribution >= 0.6 is 0 Å². The van der Waals surface area contributed by atoms with Crippen LogP contribution in [0.3, 0.4) is 0 Å². The molecular weight excluding hydrogens is 240 g/mol. The van der Waals surface area contributed by atoms with Crippen molar-refractivity contribution < 1.29 is 0 Å². The van der Waals surface area contributed by atoms with E-state index in [1.54, 1.807) is 0 Å². The molecule has 0 aliphatic heterocycles. The van der Waals surface area contributed by atoms with E-state index in [0.29, 0.717) is 5.65 Å². The van der Waals surface area contributed by atoms with E-state index in [1.165, 1.54) is 15.8 Å². The number of rotatable bonds is 4. The van der Waals surface area contributed by atoms with E-state index in [4.69, 9.17) is 0 Å². The van der Waals surface area contributed by atoms with Gasteiger partial charge in [-0.3, -0.25) is 0 Å². The number of hydrogen-bond donors (Lipinski definition) is 1. The van der Waals surface area contributed by atoms with Crippen LogP contribution < -0.4 is 5.32 Å². The zero-order valence-electron chi connectivity index (χ0n) is 10.6. The van der Waals surface area contributed by atoms with Crippen LogP contribution in [0.5, 0.6) is 0 Å². The van der Waals surface area contributed by atoms with Crippen LogP contribution in [0, 0.1) is 6.92 Å². The van der Waals surface area contributed by atoms with Gasteiger partial charge in [-0.2, -0.15) is 0 Å². The lowest BCUT2D eigenvalue weighted by atomic mass is 10.1. The number of aryl methyl sites for hydroxylation is 1. The molecule has 0 aliphatic carbocycles. The monoisotopic (exact) mass is 254 g/mol. The lowest BCUT2D eigenvalue weighted by Gasteiger charge is -2.05. The normalized spacial score (nSPS) is 10.8. The number of anilines is 1. The predicted octanol–water partition coefficient (Wildman–Crippen LogP) is 1.48. The molecule has 0 bridgehead atoms. The highest BCUT2D eigenvalue weighted by molar-refractivity contribution is 5.42. The Labute approximate surface area is 110 Å². The van der Waals surface area contributed by atoms with E-state index in [1.807, 2.05) is 12.1 Å². The van der Waals surface area contributed by atoms with Crippen molar-refractivity contribution in [3.05, 3.63) is 47.5 Å². The molecule has 0 saturated heterocycles. The minimum Gasteiger partial charge on any atom is -0.368 e. The molecule has 6 heteroatoms. The molecule has 0 spiro atoms. The second-order valence-corrected chi connectivity index (χ2v) is 4.41. The topological polar surface area (TPSA) is 68.0 Å². The smallest absolute Gasteiger partial charge is 0.200 e. The molecule has 0 unspecified atom stereocenters. The van der Waals surface area contributed by atoms with Gasteiger partial charge in [-0.25, -0.2) is 0 Å². The summed E-state index contributed by atoms with van der Waals surface area (Å²) >= 11 is 0. The number of aromatic nitrogens is 5. The van der Waals surface area contributed by atoms with Gasteiger partial charge in [0.15, 0.2) is 5.65 Å². The summed E-state index contributed by atoms with van der Waals surface area (Å²) in [7, 11) is 0. The Morgan fingerprint density at radius 1 is 1.21 bits per heavy atom. The lowest BCUT2D eigenvalue weighted by Crippen LogP contribution is -2.08. The Hall–Kier alpha value is -2.50. The Balaban J connectivity index is 1.62. The molecule has 0 atom stereocenters. The van der Waals surface area contributed by atoms with Crippen LogP contribution in [0.1, 0.15) is 11.1 Å². The second-order valence-electron chi connectivity index (χ2n) is 4.41. The van der Waals surface area contributed by atoms with Crippen LogP contribution in [0.25, 0.3) is 5.65 Å². The maximum atomic E-state index is 4.25. The molecular formula is C13H14N6. The molecule has 0 aliphatic rings. The summed E-state index contributed by atoms with van der Waals surface area (Å²) in [5, 5.41) is 18.6. The van der Waals surface area contributed by atoms with Crippen molar-refractivity contribution in [2.24, 2.45) is 0 Å². The third-order valence-corrected chi connectivity index (χ3v) is 2.87. The average molecular weight is 254 g/mol. The molecule has 0 amide bonds. The maximum absolute atomic E-state index is 4.25. The molecule has 6 nitrogen and oxygen atoms in total. The molecule has 1 aromatic carbocycles. The molecule has 3 rings (SSSR count). The van der Waals surface area contributed by atoms with Gasteiger partial charge >= 0.3 is 0 Å². The van der Waals surface area contributed by atoms with Crippen molar-refractivity contribution in [1.82, 2.24) is 25.3 Å². The minimum absolute atomic E-state index is 0.643. The van der Waals surface area contributed by atoms with Crippen LogP contribution in [-0.2, 0) is 6.42 Å². The quantitative estimate of drug-likeness (QED) is 0.763. The summed E-state index contributed by atoms with van der Waals surface area (Å²) in [6.07, 6.45) is 0.955. The third kappa shape index (κ3) is 2.67. The van der Waals surface area contributed by atoms with Gasteiger partial charge < -0.3 is 5.32 Å². The summed E-state index contributed by atoms with van der Waals surface area (Å²) < 4.78 is 1.41. The summed E-state index contributed by atoms with van der Waals surface area (Å²) in [5.41, 5.74) is 3.24. The fourth-order valence-corrected chi connectivity index (χ4v) is 1.95. The van der Waals surface area contributed by atoms with Crippen molar-refractivity contribution >= 4 is 11.5 Å². The van der Waals surface area contributed by atoms with Crippen LogP contribution in [-0.4, -0.2) is 31.8 Å². The highest BCUT2D eigenvalue weighted by atomic mass is 15.6. The molecule has 0 fully saturated rings. The van der Waals surface area contributed by atoms with Crippen molar-refractivity contribution in [2.45, 2.75) is 13.3 Å². The average Bonchev–Trinajstić information content (AvgIpc) is 2.86. The number of hydrogen-bond acceptors (Lipinski definition) is 5. The Bertz CT molecular complexity index is 690. The molecule has 2 heterocycles. The molecule has 19 heavy (non-hydrogen) atoms. The summed E-state index contributed by atoms with van der Waals surface area (Å²) in [6.45, 7) is 2.92. The van der Waals surface area contributed by atoms with Gasteiger partial charge in [-0.15, -0.1) is 14.8 Å². The number of nitrogens with one attached hydrogen (secondary N) is 1. The van der Waals surface area contributed by atoms with Crippen LogP contribution in [0.2, 0.25) is 0 Å². The number of fused-ring (bicyclic) bond motifs is 1. The fourth-order valence-electron chi connectivity index (χ4n) is 1.95. The first-order valence-electron chi connectivity index (χ1n) is 6.16. The van der Waals surface area contributed by atoms with E-state index >= 15 is 0 Å². The van der Waals surface area contributed by atoms with Crippen LogP contribution in [0.15, 0.2) is 36.4 Å².